The highest BCUT2D eigenvalue weighted by Gasteiger charge is 2.50. The van der Waals surface area contributed by atoms with Gasteiger partial charge in [-0.3, -0.25) is 4.57 Å². The average Bonchev–Trinajstić information content (AvgIpc) is 4.00. The second-order valence-corrected chi connectivity index (χ2v) is 17.5. The molecule has 2 aliphatic rings. The lowest BCUT2D eigenvalue weighted by Crippen LogP contribution is -2.30. The predicted molar refractivity (Wildman–Crippen MR) is 265 cm³/mol. The first-order valence-electron chi connectivity index (χ1n) is 22.3. The number of benzene rings is 10. The summed E-state index contributed by atoms with van der Waals surface area (Å²) in [7, 11) is 0. The van der Waals surface area contributed by atoms with Crippen molar-refractivity contribution < 1.29 is 0 Å². The molecule has 3 heterocycles. The topological polar surface area (TPSA) is 48.5 Å². The Hall–Kier alpha value is -8.67. The van der Waals surface area contributed by atoms with Gasteiger partial charge in [-0.05, 0) is 91.3 Å². The van der Waals surface area contributed by atoms with Crippen LogP contribution >= 0.6 is 0 Å². The van der Waals surface area contributed by atoms with E-state index in [-0.39, 0.29) is 0 Å². The molecule has 0 bridgehead atoms. The average molecular weight is 826 g/mol. The van der Waals surface area contributed by atoms with Gasteiger partial charge in [-0.1, -0.05) is 176 Å². The summed E-state index contributed by atoms with van der Waals surface area (Å²) in [6, 6.07) is 77.1. The number of nitrogens with zero attached hydrogens (tertiary/aromatic N) is 5. The molecule has 1 spiro atoms. The van der Waals surface area contributed by atoms with Gasteiger partial charge in [-0.25, -0.2) is 4.98 Å². The van der Waals surface area contributed by atoms with Crippen LogP contribution in [0.25, 0.3) is 111 Å². The number of fused-ring (bicyclic) bond motifs is 11. The maximum absolute atomic E-state index is 5.50. The van der Waals surface area contributed by atoms with Gasteiger partial charge in [0.1, 0.15) is 0 Å². The first-order chi connectivity index (χ1) is 32.2. The minimum atomic E-state index is -0.502. The third kappa shape index (κ3) is 4.53. The van der Waals surface area contributed by atoms with Gasteiger partial charge in [0.15, 0.2) is 11.6 Å². The highest BCUT2D eigenvalue weighted by molar-refractivity contribution is 6.26. The Morgan fingerprint density at radius 3 is 1.75 bits per heavy atom. The summed E-state index contributed by atoms with van der Waals surface area (Å²) in [6.45, 7) is 0. The van der Waals surface area contributed by atoms with E-state index in [1.54, 1.807) is 0 Å². The van der Waals surface area contributed by atoms with Gasteiger partial charge in [0.25, 0.3) is 0 Å². The highest BCUT2D eigenvalue weighted by atomic mass is 15.2. The largest absolute Gasteiger partial charge is 0.309 e. The summed E-state index contributed by atoms with van der Waals surface area (Å²) in [5.41, 5.74) is 14.7. The lowest BCUT2D eigenvalue weighted by Gasteiger charge is -2.37. The zero-order chi connectivity index (χ0) is 42.4. The van der Waals surface area contributed by atoms with Gasteiger partial charge in [-0.15, -0.1) is 0 Å². The molecule has 0 saturated carbocycles. The fraction of sp³-hybridized carbons (Fsp3) is 0.0167. The molecule has 2 aliphatic carbocycles. The Balaban J connectivity index is 1.02. The fourth-order valence-corrected chi connectivity index (χ4v) is 11.7. The third-order valence-corrected chi connectivity index (χ3v) is 14.3. The number of hydrogen-bond donors (Lipinski definition) is 0. The molecule has 10 aromatic carbocycles. The van der Waals surface area contributed by atoms with Crippen LogP contribution in [-0.2, 0) is 5.41 Å². The summed E-state index contributed by atoms with van der Waals surface area (Å²) in [5, 5.41) is 9.77. The van der Waals surface area contributed by atoms with Crippen molar-refractivity contribution in [2.24, 2.45) is 0 Å². The maximum Gasteiger partial charge on any atom is 0.238 e. The van der Waals surface area contributed by atoms with Crippen LogP contribution in [0.2, 0.25) is 0 Å². The van der Waals surface area contributed by atoms with Gasteiger partial charge < -0.3 is 4.57 Å². The number of aromatic nitrogens is 5. The van der Waals surface area contributed by atoms with Crippen LogP contribution in [0, 0.1) is 0 Å². The van der Waals surface area contributed by atoms with Crippen molar-refractivity contribution >= 4 is 65.2 Å². The van der Waals surface area contributed by atoms with Crippen LogP contribution in [0.5, 0.6) is 0 Å². The van der Waals surface area contributed by atoms with Crippen molar-refractivity contribution in [2.75, 3.05) is 0 Å². The number of para-hydroxylation sites is 1. The molecule has 300 valence electrons. The van der Waals surface area contributed by atoms with Crippen molar-refractivity contribution in [3.8, 4) is 45.5 Å². The summed E-state index contributed by atoms with van der Waals surface area (Å²) >= 11 is 0. The van der Waals surface area contributed by atoms with Crippen molar-refractivity contribution in [3.05, 3.63) is 235 Å². The van der Waals surface area contributed by atoms with E-state index in [4.69, 9.17) is 15.0 Å². The Morgan fingerprint density at radius 1 is 0.323 bits per heavy atom. The lowest BCUT2D eigenvalue weighted by molar-refractivity contribution is 0.783. The van der Waals surface area contributed by atoms with Gasteiger partial charge >= 0.3 is 0 Å². The lowest BCUT2D eigenvalue weighted by atomic mass is 9.63. The minimum absolute atomic E-state index is 0.502. The van der Waals surface area contributed by atoms with Crippen molar-refractivity contribution in [1.29, 1.82) is 0 Å². The van der Waals surface area contributed by atoms with Crippen molar-refractivity contribution in [2.45, 2.75) is 5.41 Å². The molecule has 0 unspecified atom stereocenters. The van der Waals surface area contributed by atoms with Crippen LogP contribution in [0.15, 0.2) is 212 Å². The van der Waals surface area contributed by atoms with E-state index in [2.05, 4.69) is 203 Å². The molecule has 0 radical (unpaired) electrons. The molecule has 0 amide bonds. The first kappa shape index (κ1) is 34.9. The molecule has 3 aromatic heterocycles. The molecule has 15 rings (SSSR count). The second kappa shape index (κ2) is 12.7. The molecule has 65 heavy (non-hydrogen) atoms. The maximum atomic E-state index is 5.50. The summed E-state index contributed by atoms with van der Waals surface area (Å²) in [5.74, 6) is 1.82. The van der Waals surface area contributed by atoms with E-state index < -0.39 is 5.41 Å². The van der Waals surface area contributed by atoms with Crippen LogP contribution in [0.3, 0.4) is 0 Å². The van der Waals surface area contributed by atoms with Gasteiger partial charge in [0.2, 0.25) is 5.95 Å². The molecular formula is C60H35N5. The normalized spacial score (nSPS) is 13.4. The Kier molecular flexibility index (Phi) is 6.82. The molecule has 0 atom stereocenters. The molecule has 0 fully saturated rings. The predicted octanol–water partition coefficient (Wildman–Crippen LogP) is 14.4. The van der Waals surface area contributed by atoms with Gasteiger partial charge in [0.05, 0.1) is 27.5 Å². The molecule has 0 aliphatic heterocycles. The Morgan fingerprint density at radius 2 is 0.923 bits per heavy atom. The number of hydrogen-bond acceptors (Lipinski definition) is 3. The monoisotopic (exact) mass is 825 g/mol. The van der Waals surface area contributed by atoms with Crippen LogP contribution in [-0.4, -0.2) is 24.1 Å². The smallest absolute Gasteiger partial charge is 0.238 e. The first-order valence-corrected chi connectivity index (χ1v) is 22.3. The second-order valence-electron chi connectivity index (χ2n) is 17.5. The quantitative estimate of drug-likeness (QED) is 0.178. The van der Waals surface area contributed by atoms with Crippen LogP contribution in [0.1, 0.15) is 22.3 Å². The minimum Gasteiger partial charge on any atom is -0.309 e. The molecule has 0 saturated heterocycles. The van der Waals surface area contributed by atoms with Gasteiger partial charge in [0, 0.05) is 38.4 Å². The molecule has 5 nitrogen and oxygen atoms in total. The third-order valence-electron chi connectivity index (χ3n) is 14.3. The summed E-state index contributed by atoms with van der Waals surface area (Å²) in [6.07, 6.45) is 0. The number of rotatable bonds is 4. The zero-order valence-electron chi connectivity index (χ0n) is 34.9. The molecular weight excluding hydrogens is 791 g/mol. The zero-order valence-corrected chi connectivity index (χ0v) is 34.9. The van der Waals surface area contributed by atoms with E-state index >= 15 is 0 Å². The molecule has 13 aromatic rings. The van der Waals surface area contributed by atoms with E-state index in [1.165, 1.54) is 76.5 Å². The molecule has 5 heteroatoms. The Bertz CT molecular complexity index is 4150. The van der Waals surface area contributed by atoms with E-state index in [0.29, 0.717) is 17.6 Å². The standard InChI is InChI=1S/C60H35N5/c1-2-15-38(16-3-1)57-61-58(40-29-32-45-44-21-8-11-26-50(44)64(53(45)35-40)41-31-28-36-14-4-5-17-39(36)34-41)63-59(62-57)65-51-27-13-25-49-55(51)56-52(65)33-30-37-18-12-24-48(54(37)56)60(49)46-22-9-6-19-42(46)43-20-7-10-23-47(43)60/h1-35H. The highest BCUT2D eigenvalue weighted by Crippen LogP contribution is 2.62. The van der Waals surface area contributed by atoms with E-state index in [0.717, 1.165) is 38.9 Å². The Labute approximate surface area is 373 Å². The van der Waals surface area contributed by atoms with Gasteiger partial charge in [-0.2, -0.15) is 9.97 Å². The molecule has 0 N–H and O–H groups in total. The van der Waals surface area contributed by atoms with Crippen LogP contribution in [0.4, 0.5) is 0 Å². The van der Waals surface area contributed by atoms with E-state index in [9.17, 15) is 0 Å². The fourth-order valence-electron chi connectivity index (χ4n) is 11.7. The van der Waals surface area contributed by atoms with Crippen LogP contribution < -0.4 is 0 Å². The van der Waals surface area contributed by atoms with E-state index in [1.807, 2.05) is 18.2 Å². The van der Waals surface area contributed by atoms with Crippen molar-refractivity contribution in [1.82, 2.24) is 24.1 Å². The SMILES string of the molecule is c1ccc(-c2nc(-c3ccc4c5ccccc5n(-c5ccc6ccccc6c5)c4c3)nc(-n3c4cccc5c4c4c6c(cccc6ccc43)C53c4ccccc4-c4ccccc43)n2)cc1. The summed E-state index contributed by atoms with van der Waals surface area (Å²) < 4.78 is 4.67. The van der Waals surface area contributed by atoms with Crippen molar-refractivity contribution in [3.63, 3.8) is 0 Å². The summed E-state index contributed by atoms with van der Waals surface area (Å²) in [4.78, 5) is 16.2.